The van der Waals surface area contributed by atoms with Gasteiger partial charge in [-0.1, -0.05) is 58.7 Å². The highest BCUT2D eigenvalue weighted by atomic mass is 35.5. The number of sulfonamides is 1. The molecule has 0 saturated heterocycles. The molecule has 3 aromatic carbocycles. The van der Waals surface area contributed by atoms with Gasteiger partial charge < -0.3 is 13.6 Å². The number of aromatic nitrogens is 2. The molecule has 0 fully saturated rings. The lowest BCUT2D eigenvalue weighted by atomic mass is 10.0. The fourth-order valence-corrected chi connectivity index (χ4v) is 8.27. The van der Waals surface area contributed by atoms with Crippen LogP contribution in [0.1, 0.15) is 19.7 Å². The lowest BCUT2D eigenvalue weighted by Gasteiger charge is -2.29. The van der Waals surface area contributed by atoms with Crippen LogP contribution in [0.5, 0.6) is 0 Å². The summed E-state index contributed by atoms with van der Waals surface area (Å²) in [4.78, 5) is 4.13. The summed E-state index contributed by atoms with van der Waals surface area (Å²) >= 11 is 12.3. The van der Waals surface area contributed by atoms with Gasteiger partial charge in [0.25, 0.3) is 10.0 Å². The molecule has 4 rings (SSSR count). The van der Waals surface area contributed by atoms with E-state index in [1.54, 1.807) is 51.1 Å². The molecule has 0 amide bonds. The molecule has 0 radical (unpaired) electrons. The van der Waals surface area contributed by atoms with Crippen molar-refractivity contribution in [2.24, 2.45) is 0 Å². The van der Waals surface area contributed by atoms with Crippen LogP contribution in [-0.4, -0.2) is 38.1 Å². The van der Waals surface area contributed by atoms with E-state index in [0.29, 0.717) is 28.1 Å². The van der Waals surface area contributed by atoms with Crippen molar-refractivity contribution in [1.29, 1.82) is 0 Å². The molecule has 37 heavy (non-hydrogen) atoms. The zero-order chi connectivity index (χ0) is 26.8. The summed E-state index contributed by atoms with van der Waals surface area (Å²) in [7, 11) is -8.24. The number of halogens is 2. The Balaban J connectivity index is 1.97. The third-order valence-electron chi connectivity index (χ3n) is 5.31. The summed E-state index contributed by atoms with van der Waals surface area (Å²) in [6, 6.07) is 14.4. The molecule has 196 valence electrons. The molecule has 0 spiro atoms. The summed E-state index contributed by atoms with van der Waals surface area (Å²) in [6.07, 6.45) is -0.578. The Labute approximate surface area is 224 Å². The van der Waals surface area contributed by atoms with E-state index in [-0.39, 0.29) is 33.8 Å². The number of fused-ring (bicyclic) bond motifs is 1. The lowest BCUT2D eigenvalue weighted by molar-refractivity contribution is 0.221. The third-order valence-corrected chi connectivity index (χ3v) is 9.61. The van der Waals surface area contributed by atoms with Crippen LogP contribution in [0.15, 0.2) is 64.0 Å². The minimum absolute atomic E-state index is 0.0605. The first-order valence-electron chi connectivity index (χ1n) is 11.3. The maximum Gasteiger partial charge on any atom is 0.350 e. The number of rotatable bonds is 10. The molecule has 0 aliphatic carbocycles. The Bertz CT molecular complexity index is 1560. The molecule has 0 unspecified atom stereocenters. The van der Waals surface area contributed by atoms with Crippen LogP contribution in [-0.2, 0) is 23.6 Å². The predicted octanol–water partition coefficient (Wildman–Crippen LogP) is 6.92. The summed E-state index contributed by atoms with van der Waals surface area (Å²) in [5.41, 5.74) is 0.882. The first-order valence-corrected chi connectivity index (χ1v) is 15.2. The van der Waals surface area contributed by atoms with Crippen molar-refractivity contribution in [3.05, 3.63) is 70.5 Å². The molecule has 13 heteroatoms. The number of benzene rings is 3. The second-order valence-corrected chi connectivity index (χ2v) is 12.6. The van der Waals surface area contributed by atoms with Gasteiger partial charge in [0.05, 0.1) is 23.8 Å². The van der Waals surface area contributed by atoms with E-state index >= 15 is 0 Å². The van der Waals surface area contributed by atoms with E-state index in [9.17, 15) is 13.0 Å². The average molecular weight is 584 g/mol. The Morgan fingerprint density at radius 2 is 1.59 bits per heavy atom. The molecule has 1 heterocycles. The fraction of sp³-hybridized carbons (Fsp3) is 0.250. The van der Waals surface area contributed by atoms with Crippen LogP contribution in [0.2, 0.25) is 10.0 Å². The summed E-state index contributed by atoms with van der Waals surface area (Å²) in [5.74, 6) is 0.741. The second-order valence-electron chi connectivity index (χ2n) is 7.86. The van der Waals surface area contributed by atoms with Crippen LogP contribution in [0.4, 0.5) is 5.69 Å². The van der Waals surface area contributed by atoms with Crippen LogP contribution in [0.3, 0.4) is 0 Å². The Morgan fingerprint density at radius 1 is 0.973 bits per heavy atom. The van der Waals surface area contributed by atoms with Crippen molar-refractivity contribution in [3.63, 3.8) is 0 Å². The lowest BCUT2D eigenvalue weighted by Crippen LogP contribution is -2.33. The maximum atomic E-state index is 14.1. The van der Waals surface area contributed by atoms with Crippen molar-refractivity contribution < 1.29 is 26.6 Å². The van der Waals surface area contributed by atoms with Gasteiger partial charge in [0.1, 0.15) is 6.29 Å². The highest BCUT2D eigenvalue weighted by molar-refractivity contribution is 7.93. The third kappa shape index (κ3) is 5.85. The Hall–Kier alpha value is -2.46. The van der Waals surface area contributed by atoms with E-state index in [0.717, 1.165) is 4.31 Å². The van der Waals surface area contributed by atoms with Gasteiger partial charge >= 0.3 is 7.60 Å². The molecule has 1 aromatic heterocycles. The quantitative estimate of drug-likeness (QED) is 0.185. The van der Waals surface area contributed by atoms with Crippen molar-refractivity contribution in [3.8, 4) is 11.4 Å². The van der Waals surface area contributed by atoms with Gasteiger partial charge in [-0.25, -0.2) is 8.42 Å². The van der Waals surface area contributed by atoms with Crippen molar-refractivity contribution in [2.45, 2.75) is 25.7 Å². The molecular weight excluding hydrogens is 560 g/mol. The minimum Gasteiger partial charge on any atom is -0.339 e. The first-order chi connectivity index (χ1) is 17.6. The highest BCUT2D eigenvalue weighted by Crippen LogP contribution is 2.51. The first kappa shape index (κ1) is 27.6. The van der Waals surface area contributed by atoms with Crippen LogP contribution < -0.4 is 4.31 Å². The van der Waals surface area contributed by atoms with E-state index in [4.69, 9.17) is 36.8 Å². The van der Waals surface area contributed by atoms with Crippen molar-refractivity contribution in [1.82, 2.24) is 10.1 Å². The van der Waals surface area contributed by atoms with Gasteiger partial charge in [-0.3, -0.25) is 8.87 Å². The number of hydrogen-bond acceptors (Lipinski definition) is 8. The van der Waals surface area contributed by atoms with Crippen LogP contribution in [0, 0.1) is 6.92 Å². The van der Waals surface area contributed by atoms with Crippen LogP contribution >= 0.6 is 30.8 Å². The molecule has 0 saturated carbocycles. The number of hydrogen-bond donors (Lipinski definition) is 0. The topological polar surface area (TPSA) is 112 Å². The molecule has 0 N–H and O–H groups in total. The maximum absolute atomic E-state index is 14.1. The van der Waals surface area contributed by atoms with Gasteiger partial charge in [-0.2, -0.15) is 4.98 Å². The van der Waals surface area contributed by atoms with E-state index in [1.165, 1.54) is 18.2 Å². The number of nitrogens with zero attached hydrogens (tertiary/aromatic N) is 3. The smallest absolute Gasteiger partial charge is 0.339 e. The van der Waals surface area contributed by atoms with Gasteiger partial charge in [0, 0.05) is 27.9 Å². The average Bonchev–Trinajstić information content (AvgIpc) is 3.27. The normalized spacial score (nSPS) is 12.2. The summed E-state index contributed by atoms with van der Waals surface area (Å²) in [5, 5.41) is 5.47. The summed E-state index contributed by atoms with van der Waals surface area (Å²) < 4.78 is 58.8. The van der Waals surface area contributed by atoms with Crippen molar-refractivity contribution >= 4 is 57.3 Å². The Kier molecular flexibility index (Phi) is 8.28. The molecule has 0 bridgehead atoms. The van der Waals surface area contributed by atoms with Gasteiger partial charge in [0.15, 0.2) is 0 Å². The molecule has 0 aliphatic rings. The number of aryl methyl sites for hydroxylation is 1. The van der Waals surface area contributed by atoms with Crippen molar-refractivity contribution in [2.75, 3.05) is 23.8 Å². The largest absolute Gasteiger partial charge is 0.350 e. The highest BCUT2D eigenvalue weighted by Gasteiger charge is 2.36. The van der Waals surface area contributed by atoms with E-state index in [2.05, 4.69) is 10.1 Å². The SMILES string of the molecule is CCOP(=O)(CN(c1cccc2c(-c3noc(C)n3)cccc12)S(=O)(=O)c1cc(Cl)cc(Cl)c1)OCC. The fourth-order valence-electron chi connectivity index (χ4n) is 3.87. The molecule has 9 nitrogen and oxygen atoms in total. The van der Waals surface area contributed by atoms with Crippen LogP contribution in [0.25, 0.3) is 22.2 Å². The zero-order valence-corrected chi connectivity index (χ0v) is 23.4. The second kappa shape index (κ2) is 11.1. The molecule has 4 aromatic rings. The minimum atomic E-state index is -4.35. The van der Waals surface area contributed by atoms with Gasteiger partial charge in [-0.05, 0) is 43.5 Å². The standard InChI is InChI=1S/C24H24Cl2N3O6PS/c1-4-33-36(30,34-5-2)15-29(37(31,32)19-13-17(25)12-18(26)14-19)23-11-7-8-20-21(23)9-6-10-22(20)24-27-16(3)35-28-24/h6-14H,4-5,15H2,1-3H3. The molecule has 0 atom stereocenters. The monoisotopic (exact) mass is 583 g/mol. The summed E-state index contributed by atoms with van der Waals surface area (Å²) in [6.45, 7) is 5.10. The van der Waals surface area contributed by atoms with E-state index in [1.807, 2.05) is 6.07 Å². The zero-order valence-electron chi connectivity index (χ0n) is 20.2. The van der Waals surface area contributed by atoms with Gasteiger partial charge in [-0.15, -0.1) is 0 Å². The Morgan fingerprint density at radius 3 is 2.19 bits per heavy atom. The van der Waals surface area contributed by atoms with E-state index < -0.39 is 23.9 Å². The molecular formula is C24H24Cl2N3O6PS. The number of anilines is 1. The predicted molar refractivity (Wildman–Crippen MR) is 144 cm³/mol. The molecule has 0 aliphatic heterocycles. The van der Waals surface area contributed by atoms with Gasteiger partial charge in [0.2, 0.25) is 11.7 Å².